The van der Waals surface area contributed by atoms with Gasteiger partial charge in [0.2, 0.25) is 0 Å². The van der Waals surface area contributed by atoms with E-state index in [4.69, 9.17) is 37.9 Å². The molecule has 18 heteroatoms. The van der Waals surface area contributed by atoms with Gasteiger partial charge in [-0.2, -0.15) is 0 Å². The number of hydrogen-bond donors (Lipinski definition) is 2. The van der Waals surface area contributed by atoms with Crippen molar-refractivity contribution in [2.45, 2.75) is 237 Å². The van der Waals surface area contributed by atoms with E-state index in [2.05, 4.69) is 139 Å². The van der Waals surface area contributed by atoms with Gasteiger partial charge in [0, 0.05) is 112 Å². The van der Waals surface area contributed by atoms with Crippen molar-refractivity contribution >= 4 is 99.4 Å². The van der Waals surface area contributed by atoms with Crippen LogP contribution in [0.2, 0.25) is 0 Å². The van der Waals surface area contributed by atoms with Crippen LogP contribution in [0.15, 0.2) is 97.3 Å². The van der Waals surface area contributed by atoms with Gasteiger partial charge in [0.05, 0.1) is 72.3 Å². The molecule has 0 unspecified atom stereocenters. The second kappa shape index (κ2) is 35.7. The van der Waals surface area contributed by atoms with Crippen LogP contribution in [-0.4, -0.2) is 112 Å². The van der Waals surface area contributed by atoms with Crippen LogP contribution in [0.1, 0.15) is 224 Å². The highest BCUT2D eigenvalue weighted by atomic mass is 79.9. The van der Waals surface area contributed by atoms with E-state index in [-0.39, 0.29) is 84.4 Å². The number of benzene rings is 4. The summed E-state index contributed by atoms with van der Waals surface area (Å²) in [4.78, 5) is 64.4. The number of halogens is 3. The Bertz CT molecular complexity index is 4090. The minimum Gasteiger partial charge on any atom is -0.511 e. The van der Waals surface area contributed by atoms with Gasteiger partial charge in [-0.3, -0.25) is 19.2 Å². The van der Waals surface area contributed by atoms with Crippen LogP contribution in [0, 0.1) is 69.1 Å². The topological polar surface area (TPSA) is 200 Å². The average molecular weight is 1640 g/mol. The number of carbonyl (C=O) groups excluding carboxylic acids is 5. The number of rotatable bonds is 19. The van der Waals surface area contributed by atoms with Gasteiger partial charge in [-0.15, -0.1) is 0 Å². The van der Waals surface area contributed by atoms with Crippen molar-refractivity contribution in [1.29, 1.82) is 0 Å². The second-order valence-corrected chi connectivity index (χ2v) is 33.2. The van der Waals surface area contributed by atoms with Crippen molar-refractivity contribution in [2.24, 2.45) is 27.6 Å². The third kappa shape index (κ3) is 17.7. The molecule has 8 aliphatic rings. The number of allylic oxidation sites excluding steroid dienone is 9. The summed E-state index contributed by atoms with van der Waals surface area (Å²) in [5.41, 5.74) is 14.3. The molecule has 8 aliphatic carbocycles. The summed E-state index contributed by atoms with van der Waals surface area (Å²) in [7, 11) is 6.79. The Morgan fingerprint density at radius 1 is 0.486 bits per heavy atom. The maximum Gasteiger partial charge on any atom is 0.513 e. The largest absolute Gasteiger partial charge is 0.513 e. The first-order valence-corrected chi connectivity index (χ1v) is 39.6. The Kier molecular flexibility index (Phi) is 28.8. The highest BCUT2D eigenvalue weighted by Gasteiger charge is 2.56. The van der Waals surface area contributed by atoms with Gasteiger partial charge in [0.1, 0.15) is 23.0 Å². The molecule has 2 N–H and O–H groups in total. The summed E-state index contributed by atoms with van der Waals surface area (Å²) in [6, 6.07) is 16.6. The van der Waals surface area contributed by atoms with Crippen LogP contribution in [0.25, 0.3) is 22.3 Å². The number of carbonyl (C=O) groups is 5. The smallest absolute Gasteiger partial charge is 0.511 e. The first kappa shape index (κ1) is 84.8. The monoisotopic (exact) mass is 1630 g/mol. The molecular formula is C87H113Br3O15. The molecule has 15 nitrogen and oxygen atoms in total. The quantitative estimate of drug-likeness (QED) is 0.0510. The number of hydrogen-bond acceptors (Lipinski definition) is 15. The zero-order valence-electron chi connectivity index (χ0n) is 64.1. The van der Waals surface area contributed by atoms with E-state index in [0.717, 1.165) is 164 Å². The predicted octanol–water partition coefficient (Wildman–Crippen LogP) is 21.2. The molecule has 4 aromatic carbocycles. The molecule has 12 rings (SSSR count). The lowest BCUT2D eigenvalue weighted by Gasteiger charge is -2.28. The van der Waals surface area contributed by atoms with Crippen LogP contribution in [-0.2, 0) is 76.3 Å². The van der Waals surface area contributed by atoms with E-state index in [1.807, 2.05) is 39.8 Å². The molecule has 4 saturated carbocycles. The van der Waals surface area contributed by atoms with E-state index in [9.17, 15) is 34.2 Å². The fourth-order valence-corrected chi connectivity index (χ4v) is 20.3. The molecule has 0 aliphatic heterocycles. The Hall–Kier alpha value is -5.83. The summed E-state index contributed by atoms with van der Waals surface area (Å²) in [5.74, 6) is 3.02. The maximum absolute atomic E-state index is 13.4. The summed E-state index contributed by atoms with van der Waals surface area (Å²) < 4.78 is 47.4. The molecule has 4 spiro atoms. The molecule has 572 valence electrons. The third-order valence-electron chi connectivity index (χ3n) is 23.0. The molecule has 4 fully saturated rings. The highest BCUT2D eigenvalue weighted by molar-refractivity contribution is 9.11. The zero-order valence-corrected chi connectivity index (χ0v) is 68.9. The minimum absolute atomic E-state index is 0. The van der Waals surface area contributed by atoms with E-state index in [0.29, 0.717) is 80.0 Å². The number of aliphatic hydroxyl groups excluding tert-OH is 2. The van der Waals surface area contributed by atoms with Crippen LogP contribution in [0.5, 0.6) is 0 Å². The average Bonchev–Trinajstić information content (AvgIpc) is 1.55. The molecule has 0 radical (unpaired) electrons. The second-order valence-electron chi connectivity index (χ2n) is 30.6. The molecule has 0 aromatic heterocycles. The summed E-state index contributed by atoms with van der Waals surface area (Å²) in [6.45, 7) is 29.8. The van der Waals surface area contributed by atoms with Crippen LogP contribution in [0.4, 0.5) is 4.79 Å². The van der Waals surface area contributed by atoms with E-state index < -0.39 is 22.4 Å². The van der Waals surface area contributed by atoms with Crippen LogP contribution >= 0.6 is 47.8 Å². The molecule has 4 aromatic rings. The van der Waals surface area contributed by atoms with Crippen molar-refractivity contribution in [3.05, 3.63) is 170 Å². The first-order chi connectivity index (χ1) is 49.4. The van der Waals surface area contributed by atoms with Crippen molar-refractivity contribution < 1.29 is 72.1 Å². The Morgan fingerprint density at radius 2 is 0.819 bits per heavy atom. The summed E-state index contributed by atoms with van der Waals surface area (Å²) in [5, 5.41) is 22.0. The highest BCUT2D eigenvalue weighted by Crippen LogP contribution is 2.60. The van der Waals surface area contributed by atoms with Gasteiger partial charge in [-0.1, -0.05) is 132 Å². The number of ether oxygens (including phenoxy) is 8. The fourth-order valence-electron chi connectivity index (χ4n) is 17.8. The standard InChI is InChI=1S/C24H31BrO3.C22H27BrO5.C21H28O4.C19H23BrO3.CH4/c1-7-17-10-15(4)11-19(25)21(17)22-20(26)13-24(9-8-18(12-24)27-6)23(22)28-16(5)14(2)3;1-5-14-9-13(3)10-16(23)18(14)19-17(24)12-22(8-7-15(11-22)26-4)20(19)28-21(25)27-6-2;1-13-9-14(2)18(15(3)10-13)19-17(22)12-21(20(19)23)6-5-16(11-21)25-8-7-24-4;1-4-12-7-11(2)8-14(20)16(12)17-15(21)10-19(18(17)22)6-5-13(9-19)23-3;/h10-11,14,18H,5,7-9,12-13H2,1-4,6H3;9-10,15H,5-8,11-12H2,1-4H3;9-10,16,23H,5-8,11-12H2,1-4H3;7-8,13,22H,4-6,9-10H2,1-3H3;1H4/t18-,24-;15-,22-;16-,21-;13-,19-;/m1111./s1. The Labute approximate surface area is 649 Å². The Morgan fingerprint density at radius 3 is 1.19 bits per heavy atom. The normalized spacial score (nSPS) is 25.3. The van der Waals surface area contributed by atoms with Gasteiger partial charge in [-0.05, 0) is 213 Å². The summed E-state index contributed by atoms with van der Waals surface area (Å²) >= 11 is 11.0. The zero-order chi connectivity index (χ0) is 76.1. The molecule has 0 saturated heterocycles. The van der Waals surface area contributed by atoms with Crippen LogP contribution in [0.3, 0.4) is 0 Å². The van der Waals surface area contributed by atoms with Gasteiger partial charge in [0.25, 0.3) is 0 Å². The van der Waals surface area contributed by atoms with E-state index in [1.165, 1.54) is 16.7 Å². The predicted molar refractivity (Wildman–Crippen MR) is 426 cm³/mol. The summed E-state index contributed by atoms with van der Waals surface area (Å²) in [6.07, 6.45) is 13.5. The minimum atomic E-state index is -0.758. The fraction of sp³-hybridized carbons (Fsp3) is 0.552. The number of methoxy groups -OCH3 is 4. The van der Waals surface area contributed by atoms with Gasteiger partial charge >= 0.3 is 6.16 Å². The first-order valence-electron chi connectivity index (χ1n) is 37.2. The van der Waals surface area contributed by atoms with Crippen molar-refractivity contribution in [2.75, 3.05) is 48.3 Å². The number of ketones is 4. The number of aryl methyl sites for hydroxylation is 9. The van der Waals surface area contributed by atoms with Crippen molar-refractivity contribution in [3.8, 4) is 0 Å². The van der Waals surface area contributed by atoms with Gasteiger partial charge in [0.15, 0.2) is 23.1 Å². The molecule has 0 amide bonds. The number of Topliss-reactive ketones (excluding diaryl/α,β-unsaturated/α-hetero) is 4. The molecule has 105 heavy (non-hydrogen) atoms. The lowest BCUT2D eigenvalue weighted by Crippen LogP contribution is -2.23. The third-order valence-corrected chi connectivity index (χ3v) is 24.9. The molecule has 0 heterocycles. The molecular weight excluding hydrogens is 1520 g/mol. The molecule has 8 atom stereocenters. The van der Waals surface area contributed by atoms with Crippen molar-refractivity contribution in [3.63, 3.8) is 0 Å². The van der Waals surface area contributed by atoms with E-state index >= 15 is 0 Å². The van der Waals surface area contributed by atoms with Crippen molar-refractivity contribution in [1.82, 2.24) is 0 Å². The molecule has 0 bridgehead atoms. The maximum atomic E-state index is 13.4. The van der Waals surface area contributed by atoms with Gasteiger partial charge < -0.3 is 48.1 Å². The number of aliphatic hydroxyl groups is 2. The SMILES string of the molecule is C.C=C(OC1=C(c2c(Br)cc(C)cc2CC)C(=O)C[C@]12CC[C@@H](OC)C2)C(C)C.CCOC(=O)OC1=C(c2c(Br)cc(C)cc2CC)C(=O)C[C@]12CC[C@@H](OC)C2.CCc1cc(C)cc(Br)c1C1=C(O)[C@@]2(CC[C@@H](OC)C2)CC1=O.COCCO[C@@H]1CC[C@]2(CC(=O)C(c3c(C)cc(C)cc3C)=C2O)C1. The van der Waals surface area contributed by atoms with E-state index in [1.54, 1.807) is 35.4 Å². The Balaban J connectivity index is 0.000000177. The lowest BCUT2D eigenvalue weighted by atomic mass is 9.83. The lowest BCUT2D eigenvalue weighted by molar-refractivity contribution is -0.115. The van der Waals surface area contributed by atoms with Gasteiger partial charge in [-0.25, -0.2) is 4.79 Å². The van der Waals surface area contributed by atoms with Crippen LogP contribution < -0.4 is 0 Å².